The lowest BCUT2D eigenvalue weighted by Gasteiger charge is -2.65. The highest BCUT2D eigenvalue weighted by atomic mass is 16.7. The molecule has 12 atom stereocenters. The number of hydrogen-bond donors (Lipinski definition) is 5. The summed E-state index contributed by atoms with van der Waals surface area (Å²) in [5.41, 5.74) is -0.247. The Morgan fingerprint density at radius 3 is 2.30 bits per heavy atom. The molecule has 5 fully saturated rings. The fraction of sp³-hybridized carbons (Fsp3) is 1.00. The molecule has 0 aromatic rings. The molecule has 0 amide bonds. The zero-order valence-electron chi connectivity index (χ0n) is 20.6. The third-order valence-corrected chi connectivity index (χ3v) is 10.8. The van der Waals surface area contributed by atoms with E-state index < -0.39 is 42.9 Å². The summed E-state index contributed by atoms with van der Waals surface area (Å²) >= 11 is 0. The van der Waals surface area contributed by atoms with Crippen molar-refractivity contribution in [3.63, 3.8) is 0 Å². The molecule has 7 heteroatoms. The van der Waals surface area contributed by atoms with Crippen LogP contribution in [0.3, 0.4) is 0 Å². The van der Waals surface area contributed by atoms with Crippen LogP contribution in [0.1, 0.15) is 79.1 Å². The smallest absolute Gasteiger partial charge is 0.186 e. The summed E-state index contributed by atoms with van der Waals surface area (Å²) in [5.74, 6) is 1.51. The molecule has 5 aliphatic rings. The van der Waals surface area contributed by atoms with Gasteiger partial charge >= 0.3 is 0 Å². The van der Waals surface area contributed by atoms with Gasteiger partial charge < -0.3 is 35.0 Å². The van der Waals surface area contributed by atoms with E-state index in [0.717, 1.165) is 38.5 Å². The SMILES string of the molecule is CC1(C)CC(OC2OC(CO)C(O)C(O)C2O)C[C@]2(C)[C@@H]1CC[C@@]13CC(CC[C@H]12)[C@](C)(O)C3. The molecular formula is C26H44O7. The van der Waals surface area contributed by atoms with Crippen LogP contribution in [0.15, 0.2) is 0 Å². The second-order valence-corrected chi connectivity index (χ2v) is 13.4. The van der Waals surface area contributed by atoms with Crippen molar-refractivity contribution in [2.75, 3.05) is 6.61 Å². The molecule has 0 radical (unpaired) electrons. The normalized spacial score (nSPS) is 57.9. The lowest BCUT2D eigenvalue weighted by molar-refractivity contribution is -0.322. The van der Waals surface area contributed by atoms with E-state index in [4.69, 9.17) is 9.47 Å². The molecule has 1 aliphatic heterocycles. The Morgan fingerprint density at radius 2 is 1.61 bits per heavy atom. The van der Waals surface area contributed by atoms with Gasteiger partial charge in [-0.15, -0.1) is 0 Å². The molecule has 1 heterocycles. The van der Waals surface area contributed by atoms with Crippen LogP contribution in [0.5, 0.6) is 0 Å². The van der Waals surface area contributed by atoms with Gasteiger partial charge in [0.1, 0.15) is 24.4 Å². The van der Waals surface area contributed by atoms with Crippen LogP contribution < -0.4 is 0 Å². The maximum atomic E-state index is 11.1. The maximum absolute atomic E-state index is 11.1. The summed E-state index contributed by atoms with van der Waals surface area (Å²) < 4.78 is 12.0. The highest BCUT2D eigenvalue weighted by molar-refractivity contribution is 5.16. The molecule has 1 saturated heterocycles. The zero-order chi connectivity index (χ0) is 24.0. The van der Waals surface area contributed by atoms with Crippen molar-refractivity contribution in [2.45, 2.75) is 121 Å². The Bertz CT molecular complexity index is 753. The van der Waals surface area contributed by atoms with Gasteiger partial charge in [-0.2, -0.15) is 0 Å². The van der Waals surface area contributed by atoms with E-state index in [1.807, 2.05) is 6.92 Å². The van der Waals surface area contributed by atoms with Crippen molar-refractivity contribution in [1.29, 1.82) is 0 Å². The van der Waals surface area contributed by atoms with Crippen molar-refractivity contribution in [3.05, 3.63) is 0 Å². The minimum Gasteiger partial charge on any atom is -0.394 e. The van der Waals surface area contributed by atoms with E-state index in [1.54, 1.807) is 0 Å². The second kappa shape index (κ2) is 7.86. The predicted molar refractivity (Wildman–Crippen MR) is 121 cm³/mol. The summed E-state index contributed by atoms with van der Waals surface area (Å²) in [4.78, 5) is 0. The van der Waals surface area contributed by atoms with Crippen molar-refractivity contribution in [1.82, 2.24) is 0 Å². The van der Waals surface area contributed by atoms with Crippen LogP contribution in [0.25, 0.3) is 0 Å². The Morgan fingerprint density at radius 1 is 0.879 bits per heavy atom. The molecule has 7 nitrogen and oxygen atoms in total. The van der Waals surface area contributed by atoms with E-state index in [-0.39, 0.29) is 22.3 Å². The molecule has 4 saturated carbocycles. The lowest BCUT2D eigenvalue weighted by Crippen LogP contribution is -2.62. The van der Waals surface area contributed by atoms with Crippen molar-refractivity contribution in [2.24, 2.45) is 34.0 Å². The molecule has 7 unspecified atom stereocenters. The number of aliphatic hydroxyl groups is 5. The van der Waals surface area contributed by atoms with E-state index in [2.05, 4.69) is 20.8 Å². The fourth-order valence-electron chi connectivity index (χ4n) is 9.72. The first-order valence-corrected chi connectivity index (χ1v) is 13.0. The number of aliphatic hydroxyl groups excluding tert-OH is 4. The average Bonchev–Trinajstić information content (AvgIpc) is 2.90. The molecule has 1 spiro atoms. The number of hydrogen-bond acceptors (Lipinski definition) is 7. The Kier molecular flexibility index (Phi) is 5.81. The average molecular weight is 469 g/mol. The minimum absolute atomic E-state index is 0.0470. The second-order valence-electron chi connectivity index (χ2n) is 13.4. The van der Waals surface area contributed by atoms with Crippen LogP contribution in [0.2, 0.25) is 0 Å². The van der Waals surface area contributed by atoms with Gasteiger partial charge in [0.25, 0.3) is 0 Å². The highest BCUT2D eigenvalue weighted by Gasteiger charge is 2.67. The van der Waals surface area contributed by atoms with Gasteiger partial charge in [-0.3, -0.25) is 0 Å². The zero-order valence-corrected chi connectivity index (χ0v) is 20.6. The summed E-state index contributed by atoms with van der Waals surface area (Å²) in [6, 6.07) is 0. The van der Waals surface area contributed by atoms with Crippen LogP contribution in [0, 0.1) is 34.0 Å². The first kappa shape index (κ1) is 24.4. The first-order chi connectivity index (χ1) is 15.3. The summed E-state index contributed by atoms with van der Waals surface area (Å²) in [6.07, 6.45) is 1.97. The topological polar surface area (TPSA) is 120 Å². The van der Waals surface area contributed by atoms with E-state index in [1.165, 1.54) is 12.8 Å². The molecule has 4 aliphatic carbocycles. The molecule has 0 aromatic heterocycles. The molecular weight excluding hydrogens is 424 g/mol. The third-order valence-electron chi connectivity index (χ3n) is 10.8. The molecule has 2 bridgehead atoms. The van der Waals surface area contributed by atoms with Gasteiger partial charge in [0.2, 0.25) is 0 Å². The van der Waals surface area contributed by atoms with Crippen molar-refractivity contribution in [3.8, 4) is 0 Å². The highest BCUT2D eigenvalue weighted by Crippen LogP contribution is 2.73. The number of ether oxygens (including phenoxy) is 2. The van der Waals surface area contributed by atoms with Gasteiger partial charge in [0.15, 0.2) is 6.29 Å². The largest absolute Gasteiger partial charge is 0.394 e. The third kappa shape index (κ3) is 3.64. The predicted octanol–water partition coefficient (Wildman–Crippen LogP) is 1.97. The standard InChI is InChI=1S/C26H44O7/c1-23(2)10-15(32-22-21(30)20(29)19(28)16(12-27)33-22)11-24(3)17(23)7-8-26-9-14(5-6-18(24)26)25(4,31)13-26/h14-22,27-31H,5-13H2,1-4H3/t14?,15?,16?,17-,18+,19?,20?,21?,22?,24-,25-,26+/m1/s1. The van der Waals surface area contributed by atoms with Gasteiger partial charge in [0.05, 0.1) is 18.3 Å². The monoisotopic (exact) mass is 468 g/mol. The minimum atomic E-state index is -1.42. The molecule has 190 valence electrons. The fourth-order valence-corrected chi connectivity index (χ4v) is 9.72. The number of fused-ring (bicyclic) bond motifs is 3. The first-order valence-electron chi connectivity index (χ1n) is 13.0. The van der Waals surface area contributed by atoms with Crippen LogP contribution in [-0.4, -0.2) is 74.6 Å². The van der Waals surface area contributed by atoms with E-state index in [9.17, 15) is 25.5 Å². The quantitative estimate of drug-likeness (QED) is 0.402. The lowest BCUT2D eigenvalue weighted by atomic mass is 9.41. The molecule has 33 heavy (non-hydrogen) atoms. The molecule has 5 rings (SSSR count). The summed E-state index contributed by atoms with van der Waals surface area (Å²) in [5, 5.41) is 51.6. The van der Waals surface area contributed by atoms with Gasteiger partial charge in [-0.1, -0.05) is 20.8 Å². The van der Waals surface area contributed by atoms with Crippen LogP contribution in [0.4, 0.5) is 0 Å². The Labute approximate surface area is 197 Å². The van der Waals surface area contributed by atoms with E-state index in [0.29, 0.717) is 17.8 Å². The summed E-state index contributed by atoms with van der Waals surface area (Å²) in [7, 11) is 0. The van der Waals surface area contributed by atoms with Crippen molar-refractivity contribution < 1.29 is 35.0 Å². The van der Waals surface area contributed by atoms with Crippen LogP contribution >= 0.6 is 0 Å². The van der Waals surface area contributed by atoms with E-state index >= 15 is 0 Å². The number of rotatable bonds is 3. The maximum Gasteiger partial charge on any atom is 0.186 e. The molecule has 0 aromatic carbocycles. The summed E-state index contributed by atoms with van der Waals surface area (Å²) in [6.45, 7) is 8.67. The Balaban J connectivity index is 1.40. The van der Waals surface area contributed by atoms with Crippen molar-refractivity contribution >= 4 is 0 Å². The van der Waals surface area contributed by atoms with Crippen LogP contribution in [-0.2, 0) is 9.47 Å². The molecule has 5 N–H and O–H groups in total. The van der Waals surface area contributed by atoms with Gasteiger partial charge in [-0.25, -0.2) is 0 Å². The van der Waals surface area contributed by atoms with Gasteiger partial charge in [-0.05, 0) is 92.3 Å². The Hall–Kier alpha value is -0.280. The van der Waals surface area contributed by atoms with Gasteiger partial charge in [0, 0.05) is 0 Å².